The van der Waals surface area contributed by atoms with Gasteiger partial charge in [-0.25, -0.2) is 4.39 Å². The summed E-state index contributed by atoms with van der Waals surface area (Å²) in [6.45, 7) is 5.01. The van der Waals surface area contributed by atoms with Crippen LogP contribution in [0.5, 0.6) is 0 Å². The van der Waals surface area contributed by atoms with Crippen LogP contribution in [0.2, 0.25) is 0 Å². The fraction of sp³-hybridized carbons (Fsp3) is 0.364. The normalized spacial score (nSPS) is 17.0. The Morgan fingerprint density at radius 1 is 1.29 bits per heavy atom. The van der Waals surface area contributed by atoms with Gasteiger partial charge in [0.1, 0.15) is 21.7 Å². The second-order valence-electron chi connectivity index (χ2n) is 6.92. The highest BCUT2D eigenvalue weighted by Gasteiger charge is 2.33. The number of carbonyl (C=O) groups is 1. The molecular weight excluding hydrogens is 393 g/mol. The third-order valence-electron chi connectivity index (χ3n) is 4.87. The summed E-state index contributed by atoms with van der Waals surface area (Å²) in [7, 11) is 0. The first-order valence-electron chi connectivity index (χ1n) is 9.63. The van der Waals surface area contributed by atoms with Crippen molar-refractivity contribution < 1.29 is 13.6 Å². The van der Waals surface area contributed by atoms with Gasteiger partial charge in [0, 0.05) is 18.2 Å². The second kappa shape index (κ2) is 9.52. The number of thioether (sulfide) groups is 1. The highest BCUT2D eigenvalue weighted by atomic mass is 32.2. The molecule has 0 radical (unpaired) electrons. The summed E-state index contributed by atoms with van der Waals surface area (Å²) in [5.74, 6) is 1.20. The highest BCUT2D eigenvalue weighted by molar-refractivity contribution is 8.26. The molecule has 28 heavy (non-hydrogen) atoms. The maximum absolute atomic E-state index is 13.4. The van der Waals surface area contributed by atoms with E-state index in [1.807, 2.05) is 0 Å². The summed E-state index contributed by atoms with van der Waals surface area (Å²) in [6.07, 6.45) is 6.18. The molecule has 0 unspecified atom stereocenters. The van der Waals surface area contributed by atoms with Gasteiger partial charge in [0.25, 0.3) is 5.91 Å². The number of furan rings is 1. The van der Waals surface area contributed by atoms with Gasteiger partial charge in [-0.3, -0.25) is 9.69 Å². The topological polar surface area (TPSA) is 33.5 Å². The molecule has 6 heteroatoms. The van der Waals surface area contributed by atoms with Gasteiger partial charge in [-0.15, -0.1) is 0 Å². The lowest BCUT2D eigenvalue weighted by molar-refractivity contribution is -0.122. The van der Waals surface area contributed by atoms with E-state index in [-0.39, 0.29) is 11.7 Å². The Kier molecular flexibility index (Phi) is 7.08. The Bertz CT molecular complexity index is 890. The molecule has 0 N–H and O–H groups in total. The van der Waals surface area contributed by atoms with E-state index in [1.165, 1.54) is 30.3 Å². The van der Waals surface area contributed by atoms with E-state index in [4.69, 9.17) is 16.6 Å². The summed E-state index contributed by atoms with van der Waals surface area (Å²) in [6, 6.07) is 9.79. The van der Waals surface area contributed by atoms with E-state index in [0.29, 0.717) is 38.8 Å². The van der Waals surface area contributed by atoms with E-state index < -0.39 is 0 Å². The van der Waals surface area contributed by atoms with E-state index in [0.717, 1.165) is 19.3 Å². The van der Waals surface area contributed by atoms with Crippen molar-refractivity contribution in [2.24, 2.45) is 5.92 Å². The number of hydrogen-bond donors (Lipinski definition) is 0. The molecule has 2 aromatic rings. The van der Waals surface area contributed by atoms with Gasteiger partial charge in [0.2, 0.25) is 0 Å². The van der Waals surface area contributed by atoms with Crippen LogP contribution in [0.1, 0.15) is 45.3 Å². The highest BCUT2D eigenvalue weighted by Crippen LogP contribution is 2.34. The van der Waals surface area contributed by atoms with Crippen molar-refractivity contribution in [1.29, 1.82) is 0 Å². The number of benzene rings is 1. The average Bonchev–Trinajstić information content (AvgIpc) is 3.25. The van der Waals surface area contributed by atoms with Crippen molar-refractivity contribution in [3.8, 4) is 11.3 Å². The monoisotopic (exact) mass is 417 g/mol. The smallest absolute Gasteiger partial charge is 0.266 e. The molecular formula is C22H24FNO2S2. The first-order chi connectivity index (χ1) is 13.5. The maximum Gasteiger partial charge on any atom is 0.266 e. The Morgan fingerprint density at radius 2 is 2.11 bits per heavy atom. The molecule has 0 bridgehead atoms. The molecule has 1 aromatic heterocycles. The number of carbonyl (C=O) groups excluding carboxylic acids is 1. The van der Waals surface area contributed by atoms with Gasteiger partial charge < -0.3 is 4.42 Å². The summed E-state index contributed by atoms with van der Waals surface area (Å²) >= 11 is 6.75. The summed E-state index contributed by atoms with van der Waals surface area (Å²) in [4.78, 5) is 15.1. The molecule has 148 valence electrons. The van der Waals surface area contributed by atoms with Crippen molar-refractivity contribution in [1.82, 2.24) is 4.90 Å². The summed E-state index contributed by atoms with van der Waals surface area (Å²) < 4.78 is 19.8. The standard InChI is InChI=1S/C22H24FNO2S2/c1-3-5-7-15(4-2)14-24-21(25)20(28-22(24)27)13-18-10-11-19(26-18)16-8-6-9-17(23)12-16/h6,8-13,15H,3-5,7,14H2,1-2H3/b20-13+/t15-/m1/s1. The van der Waals surface area contributed by atoms with Crippen LogP contribution in [0.3, 0.4) is 0 Å². The largest absolute Gasteiger partial charge is 0.457 e. The molecule has 1 aliphatic heterocycles. The average molecular weight is 418 g/mol. The predicted molar refractivity (Wildman–Crippen MR) is 117 cm³/mol. The predicted octanol–water partition coefficient (Wildman–Crippen LogP) is 6.50. The number of halogens is 1. The van der Waals surface area contributed by atoms with Crippen LogP contribution in [0.25, 0.3) is 17.4 Å². The van der Waals surface area contributed by atoms with Crippen LogP contribution in [-0.2, 0) is 4.79 Å². The third kappa shape index (κ3) is 4.92. The van der Waals surface area contributed by atoms with Crippen LogP contribution >= 0.6 is 24.0 Å². The van der Waals surface area contributed by atoms with Crippen molar-refractivity contribution in [3.05, 3.63) is 52.9 Å². The van der Waals surface area contributed by atoms with Gasteiger partial charge in [-0.2, -0.15) is 0 Å². The van der Waals surface area contributed by atoms with Crippen molar-refractivity contribution >= 4 is 40.3 Å². The first kappa shape index (κ1) is 20.8. The Hall–Kier alpha value is -1.92. The molecule has 1 amide bonds. The summed E-state index contributed by atoms with van der Waals surface area (Å²) in [5, 5.41) is 0. The number of nitrogens with zero attached hydrogens (tertiary/aromatic N) is 1. The fourth-order valence-electron chi connectivity index (χ4n) is 3.19. The van der Waals surface area contributed by atoms with Gasteiger partial charge in [0.15, 0.2) is 0 Å². The van der Waals surface area contributed by atoms with E-state index in [9.17, 15) is 9.18 Å². The second-order valence-corrected chi connectivity index (χ2v) is 8.60. The number of unbranched alkanes of at least 4 members (excludes halogenated alkanes) is 1. The molecule has 0 saturated carbocycles. The van der Waals surface area contributed by atoms with Gasteiger partial charge in [0.05, 0.1) is 4.91 Å². The molecule has 1 atom stereocenters. The summed E-state index contributed by atoms with van der Waals surface area (Å²) in [5.41, 5.74) is 0.661. The Labute approximate surface area is 175 Å². The molecule has 1 aliphatic rings. The zero-order valence-electron chi connectivity index (χ0n) is 16.1. The lowest BCUT2D eigenvalue weighted by Gasteiger charge is -2.21. The lowest BCUT2D eigenvalue weighted by atomic mass is 9.99. The van der Waals surface area contributed by atoms with Crippen LogP contribution in [0.15, 0.2) is 45.7 Å². The molecule has 3 rings (SSSR count). The minimum absolute atomic E-state index is 0.0614. The molecule has 2 heterocycles. The number of amides is 1. The number of rotatable bonds is 8. The molecule has 0 spiro atoms. The molecule has 0 aliphatic carbocycles. The SMILES string of the molecule is CCCC[C@@H](CC)CN1C(=O)/C(=C\c2ccc(-c3cccc(F)c3)o2)SC1=S. The van der Waals surface area contributed by atoms with Crippen LogP contribution in [-0.4, -0.2) is 21.7 Å². The maximum atomic E-state index is 13.4. The number of hydrogen-bond acceptors (Lipinski definition) is 4. The zero-order valence-corrected chi connectivity index (χ0v) is 17.7. The molecule has 1 fully saturated rings. The van der Waals surface area contributed by atoms with Crippen LogP contribution in [0.4, 0.5) is 4.39 Å². The quantitative estimate of drug-likeness (QED) is 0.362. The molecule has 3 nitrogen and oxygen atoms in total. The minimum atomic E-state index is -0.315. The number of thiocarbonyl (C=S) groups is 1. The molecule has 1 saturated heterocycles. The van der Waals surface area contributed by atoms with Crippen LogP contribution < -0.4 is 0 Å². The fourth-order valence-corrected chi connectivity index (χ4v) is 4.44. The van der Waals surface area contributed by atoms with E-state index in [2.05, 4.69) is 13.8 Å². The van der Waals surface area contributed by atoms with E-state index in [1.54, 1.807) is 35.2 Å². The van der Waals surface area contributed by atoms with Gasteiger partial charge in [-0.05, 0) is 36.6 Å². The van der Waals surface area contributed by atoms with Crippen LogP contribution in [0, 0.1) is 11.7 Å². The van der Waals surface area contributed by atoms with Crippen molar-refractivity contribution in [2.45, 2.75) is 39.5 Å². The van der Waals surface area contributed by atoms with E-state index >= 15 is 0 Å². The Morgan fingerprint density at radius 3 is 2.82 bits per heavy atom. The third-order valence-corrected chi connectivity index (χ3v) is 6.24. The van der Waals surface area contributed by atoms with Crippen molar-refractivity contribution in [2.75, 3.05) is 6.54 Å². The molecule has 1 aromatic carbocycles. The van der Waals surface area contributed by atoms with Gasteiger partial charge in [-0.1, -0.05) is 69.2 Å². The van der Waals surface area contributed by atoms with Crippen molar-refractivity contribution in [3.63, 3.8) is 0 Å². The Balaban J connectivity index is 1.73. The lowest BCUT2D eigenvalue weighted by Crippen LogP contribution is -2.33. The first-order valence-corrected chi connectivity index (χ1v) is 10.9. The zero-order chi connectivity index (χ0) is 20.1. The minimum Gasteiger partial charge on any atom is -0.457 e. The van der Waals surface area contributed by atoms with Gasteiger partial charge >= 0.3 is 0 Å².